The zero-order chi connectivity index (χ0) is 18.8. The first-order chi connectivity index (χ1) is 13.1. The van der Waals surface area contributed by atoms with Gasteiger partial charge in [0, 0.05) is 31.7 Å². The third-order valence-electron chi connectivity index (χ3n) is 4.60. The molecular formula is C20H19N3O3S. The lowest BCUT2D eigenvalue weighted by atomic mass is 10.2. The Hall–Kier alpha value is -2.93. The van der Waals surface area contributed by atoms with E-state index in [4.69, 9.17) is 4.42 Å². The van der Waals surface area contributed by atoms with Crippen molar-refractivity contribution >= 4 is 23.2 Å². The first-order valence-corrected chi connectivity index (χ1v) is 9.60. The Morgan fingerprint density at radius 1 is 0.963 bits per heavy atom. The van der Waals surface area contributed by atoms with Gasteiger partial charge >= 0.3 is 0 Å². The summed E-state index contributed by atoms with van der Waals surface area (Å²) in [6.45, 7) is 3.86. The smallest absolute Gasteiger partial charge is 0.289 e. The second kappa shape index (κ2) is 7.36. The van der Waals surface area contributed by atoms with E-state index in [0.29, 0.717) is 36.8 Å². The van der Waals surface area contributed by atoms with Gasteiger partial charge in [-0.15, -0.1) is 11.3 Å². The Morgan fingerprint density at radius 2 is 1.63 bits per heavy atom. The van der Waals surface area contributed by atoms with Gasteiger partial charge in [-0.25, -0.2) is 4.98 Å². The molecule has 0 unspecified atom stereocenters. The molecule has 1 saturated heterocycles. The van der Waals surface area contributed by atoms with Gasteiger partial charge in [0.05, 0.1) is 12.0 Å². The van der Waals surface area contributed by atoms with Gasteiger partial charge in [0.2, 0.25) is 0 Å². The first-order valence-electron chi connectivity index (χ1n) is 8.78. The van der Waals surface area contributed by atoms with Crippen LogP contribution in [-0.2, 0) is 0 Å². The monoisotopic (exact) mass is 381 g/mol. The highest BCUT2D eigenvalue weighted by molar-refractivity contribution is 7.17. The minimum absolute atomic E-state index is 0.0164. The second-order valence-electron chi connectivity index (χ2n) is 6.36. The Labute approximate surface area is 161 Å². The normalized spacial score (nSPS) is 14.4. The summed E-state index contributed by atoms with van der Waals surface area (Å²) in [7, 11) is 0. The number of benzene rings is 1. The number of carbonyl (C=O) groups excluding carboxylic acids is 2. The van der Waals surface area contributed by atoms with E-state index in [9.17, 15) is 9.59 Å². The van der Waals surface area contributed by atoms with E-state index >= 15 is 0 Å². The number of hydrogen-bond acceptors (Lipinski definition) is 5. The highest BCUT2D eigenvalue weighted by atomic mass is 32.1. The third kappa shape index (κ3) is 3.50. The number of aryl methyl sites for hydroxylation is 1. The lowest BCUT2D eigenvalue weighted by Gasteiger charge is -2.34. The molecule has 1 aromatic carbocycles. The maximum absolute atomic E-state index is 12.9. The molecule has 2 amide bonds. The van der Waals surface area contributed by atoms with E-state index in [2.05, 4.69) is 4.98 Å². The van der Waals surface area contributed by atoms with Crippen molar-refractivity contribution in [2.75, 3.05) is 26.2 Å². The van der Waals surface area contributed by atoms with Crippen molar-refractivity contribution in [3.63, 3.8) is 0 Å². The maximum Gasteiger partial charge on any atom is 0.289 e. The Bertz CT molecular complexity index is 942. The second-order valence-corrected chi connectivity index (χ2v) is 7.36. The molecule has 3 aromatic rings. The number of piperazine rings is 1. The summed E-state index contributed by atoms with van der Waals surface area (Å²) in [4.78, 5) is 34.0. The average molecular weight is 381 g/mol. The van der Waals surface area contributed by atoms with Gasteiger partial charge in [0.1, 0.15) is 9.88 Å². The van der Waals surface area contributed by atoms with Crippen LogP contribution in [0.15, 0.2) is 53.1 Å². The summed E-state index contributed by atoms with van der Waals surface area (Å²) >= 11 is 1.42. The van der Waals surface area contributed by atoms with Gasteiger partial charge < -0.3 is 14.2 Å². The Morgan fingerprint density at radius 3 is 2.26 bits per heavy atom. The fraction of sp³-hybridized carbons (Fsp3) is 0.250. The van der Waals surface area contributed by atoms with Gasteiger partial charge in [-0.05, 0) is 19.1 Å². The molecular weight excluding hydrogens is 362 g/mol. The van der Waals surface area contributed by atoms with Gasteiger partial charge in [-0.3, -0.25) is 9.59 Å². The maximum atomic E-state index is 12.9. The molecule has 0 saturated carbocycles. The quantitative estimate of drug-likeness (QED) is 0.698. The molecule has 3 heterocycles. The van der Waals surface area contributed by atoms with Gasteiger partial charge in [-0.1, -0.05) is 30.3 Å². The van der Waals surface area contributed by atoms with Crippen molar-refractivity contribution in [1.29, 1.82) is 0 Å². The zero-order valence-corrected chi connectivity index (χ0v) is 15.7. The van der Waals surface area contributed by atoms with Crippen LogP contribution in [0, 0.1) is 6.92 Å². The molecule has 1 fully saturated rings. The summed E-state index contributed by atoms with van der Waals surface area (Å²) in [6.07, 6.45) is 1.49. The molecule has 0 atom stereocenters. The van der Waals surface area contributed by atoms with E-state index < -0.39 is 0 Å². The van der Waals surface area contributed by atoms with Crippen LogP contribution in [-0.4, -0.2) is 52.8 Å². The summed E-state index contributed by atoms with van der Waals surface area (Å²) in [5.74, 6) is 0.185. The number of amides is 2. The van der Waals surface area contributed by atoms with E-state index in [1.807, 2.05) is 37.3 Å². The molecule has 6 nitrogen and oxygen atoms in total. The van der Waals surface area contributed by atoms with Crippen LogP contribution in [0.1, 0.15) is 25.9 Å². The first kappa shape index (κ1) is 17.5. The number of furan rings is 1. The number of thiazole rings is 1. The number of rotatable bonds is 3. The molecule has 7 heteroatoms. The zero-order valence-electron chi connectivity index (χ0n) is 14.9. The van der Waals surface area contributed by atoms with Crippen LogP contribution < -0.4 is 0 Å². The molecule has 27 heavy (non-hydrogen) atoms. The summed E-state index contributed by atoms with van der Waals surface area (Å²) in [5.41, 5.74) is 1.76. The van der Waals surface area contributed by atoms with E-state index in [1.54, 1.807) is 21.9 Å². The Kier molecular flexibility index (Phi) is 4.77. The van der Waals surface area contributed by atoms with Crippen molar-refractivity contribution in [1.82, 2.24) is 14.8 Å². The van der Waals surface area contributed by atoms with Crippen LogP contribution in [0.25, 0.3) is 10.6 Å². The summed E-state index contributed by atoms with van der Waals surface area (Å²) in [5, 5.41) is 0.850. The van der Waals surface area contributed by atoms with Gasteiger partial charge in [0.15, 0.2) is 5.76 Å². The van der Waals surface area contributed by atoms with Crippen molar-refractivity contribution in [3.05, 3.63) is 65.1 Å². The molecule has 0 bridgehead atoms. The highest BCUT2D eigenvalue weighted by Crippen LogP contribution is 2.29. The molecule has 0 spiro atoms. The molecule has 4 rings (SSSR count). The van der Waals surface area contributed by atoms with Gasteiger partial charge in [-0.2, -0.15) is 0 Å². The average Bonchev–Trinajstić information content (AvgIpc) is 3.38. The number of carbonyl (C=O) groups is 2. The van der Waals surface area contributed by atoms with E-state index in [0.717, 1.165) is 16.3 Å². The minimum Gasteiger partial charge on any atom is -0.459 e. The Balaban J connectivity index is 1.44. The molecule has 0 aliphatic carbocycles. The molecule has 138 valence electrons. The summed E-state index contributed by atoms with van der Waals surface area (Å²) < 4.78 is 5.17. The van der Waals surface area contributed by atoms with Crippen LogP contribution in [0.3, 0.4) is 0 Å². The van der Waals surface area contributed by atoms with Crippen LogP contribution in [0.2, 0.25) is 0 Å². The molecule has 0 N–H and O–H groups in total. The van der Waals surface area contributed by atoms with Gasteiger partial charge in [0.25, 0.3) is 11.8 Å². The lowest BCUT2D eigenvalue weighted by molar-refractivity contribution is 0.0520. The SMILES string of the molecule is Cc1nc(-c2ccccc2)sc1C(=O)N1CCN(C(=O)c2ccco2)CC1. The number of nitrogens with zero attached hydrogens (tertiary/aromatic N) is 3. The fourth-order valence-electron chi connectivity index (χ4n) is 3.11. The fourth-order valence-corrected chi connectivity index (χ4v) is 4.15. The molecule has 1 aliphatic rings. The minimum atomic E-state index is -0.132. The van der Waals surface area contributed by atoms with Crippen LogP contribution in [0.5, 0.6) is 0 Å². The van der Waals surface area contributed by atoms with E-state index in [1.165, 1.54) is 17.6 Å². The number of hydrogen-bond donors (Lipinski definition) is 0. The van der Waals surface area contributed by atoms with Crippen LogP contribution in [0.4, 0.5) is 0 Å². The predicted octanol–water partition coefficient (Wildman–Crippen LogP) is 3.31. The highest BCUT2D eigenvalue weighted by Gasteiger charge is 2.28. The van der Waals surface area contributed by atoms with Crippen molar-refractivity contribution < 1.29 is 14.0 Å². The summed E-state index contributed by atoms with van der Waals surface area (Å²) in [6, 6.07) is 13.2. The third-order valence-corrected chi connectivity index (χ3v) is 5.79. The van der Waals surface area contributed by atoms with Crippen LogP contribution >= 0.6 is 11.3 Å². The van der Waals surface area contributed by atoms with E-state index in [-0.39, 0.29) is 11.8 Å². The molecule has 0 radical (unpaired) electrons. The molecule has 2 aromatic heterocycles. The predicted molar refractivity (Wildman–Crippen MR) is 103 cm³/mol. The standard InChI is InChI=1S/C20H19N3O3S/c1-14-17(27-18(21-14)15-6-3-2-4-7-15)20(25)23-11-9-22(10-12-23)19(24)16-8-5-13-26-16/h2-8,13H,9-12H2,1H3. The van der Waals surface area contributed by atoms with Crippen molar-refractivity contribution in [3.8, 4) is 10.6 Å². The van der Waals surface area contributed by atoms with Crippen molar-refractivity contribution in [2.45, 2.75) is 6.92 Å². The van der Waals surface area contributed by atoms with Crippen molar-refractivity contribution in [2.24, 2.45) is 0 Å². The largest absolute Gasteiger partial charge is 0.459 e. The lowest BCUT2D eigenvalue weighted by Crippen LogP contribution is -2.50. The molecule has 1 aliphatic heterocycles. The number of aromatic nitrogens is 1. The topological polar surface area (TPSA) is 66.7 Å².